The maximum atomic E-state index is 11.6. The van der Waals surface area contributed by atoms with Crippen LogP contribution in [0.2, 0.25) is 0 Å². The predicted octanol–water partition coefficient (Wildman–Crippen LogP) is 1.69. The first-order valence-corrected chi connectivity index (χ1v) is 7.31. The molecule has 1 aliphatic carbocycles. The fourth-order valence-corrected chi connectivity index (χ4v) is 3.15. The number of nitrogens with zero attached hydrogens (tertiary/aromatic N) is 2. The highest BCUT2D eigenvalue weighted by molar-refractivity contribution is 14.1. The molecule has 2 rings (SSSR count). The van der Waals surface area contributed by atoms with E-state index in [1.165, 1.54) is 12.8 Å². The molecule has 0 aromatic heterocycles. The molecule has 0 unspecified atom stereocenters. The van der Waals surface area contributed by atoms with E-state index in [9.17, 15) is 4.79 Å². The Morgan fingerprint density at radius 2 is 1.94 bits per heavy atom. The fourth-order valence-electron chi connectivity index (χ4n) is 2.49. The lowest BCUT2D eigenvalue weighted by molar-refractivity contribution is -0.132. The molecule has 0 aromatic carbocycles. The number of amides is 1. The Bertz CT molecular complexity index is 274. The average molecular weight is 352 g/mol. The number of piperazine rings is 1. The molecule has 2 fully saturated rings. The highest BCUT2D eigenvalue weighted by Crippen LogP contribution is 2.46. The van der Waals surface area contributed by atoms with Gasteiger partial charge in [-0.3, -0.25) is 9.69 Å². The molecular formula is C12H21IN2O2. The normalized spacial score (nSPS) is 23.8. The van der Waals surface area contributed by atoms with Gasteiger partial charge in [-0.05, 0) is 12.8 Å². The second-order valence-corrected chi connectivity index (χ2v) is 5.89. The van der Waals surface area contributed by atoms with Crippen LogP contribution in [0.15, 0.2) is 0 Å². The lowest BCUT2D eigenvalue weighted by Crippen LogP contribution is -2.50. The largest absolute Gasteiger partial charge is 0.340 e. The highest BCUT2D eigenvalue weighted by atomic mass is 127. The van der Waals surface area contributed by atoms with E-state index in [0.717, 1.165) is 39.3 Å². The monoisotopic (exact) mass is 352 g/mol. The molecule has 0 atom stereocenters. The van der Waals surface area contributed by atoms with Gasteiger partial charge in [0, 0.05) is 44.6 Å². The fraction of sp³-hybridized carbons (Fsp3) is 0.917. The number of hydrogen-bond donors (Lipinski definition) is 0. The second-order valence-electron chi connectivity index (χ2n) is 5.26. The predicted molar refractivity (Wildman–Crippen MR) is 75.0 cm³/mol. The molecule has 5 heteroatoms. The molecule has 1 saturated carbocycles. The molecule has 1 aliphatic heterocycles. The van der Waals surface area contributed by atoms with Crippen molar-refractivity contribution in [2.75, 3.05) is 39.3 Å². The summed E-state index contributed by atoms with van der Waals surface area (Å²) in [6.07, 6.45) is 3.22. The Balaban J connectivity index is 1.74. The molecule has 1 saturated heterocycles. The van der Waals surface area contributed by atoms with Crippen LogP contribution in [0.1, 0.15) is 26.2 Å². The smallest absolute Gasteiger partial charge is 0.222 e. The summed E-state index contributed by atoms with van der Waals surface area (Å²) in [6, 6.07) is 0. The molecule has 98 valence electrons. The third-order valence-electron chi connectivity index (χ3n) is 3.90. The lowest BCUT2D eigenvalue weighted by atomic mass is 10.1. The molecule has 2 aliphatic rings. The zero-order valence-electron chi connectivity index (χ0n) is 10.5. The van der Waals surface area contributed by atoms with Crippen LogP contribution in [-0.2, 0) is 7.86 Å². The zero-order valence-corrected chi connectivity index (χ0v) is 12.6. The first-order valence-electron chi connectivity index (χ1n) is 6.43. The van der Waals surface area contributed by atoms with Crippen LogP contribution in [0, 0.1) is 5.41 Å². The van der Waals surface area contributed by atoms with Crippen molar-refractivity contribution in [3.05, 3.63) is 0 Å². The topological polar surface area (TPSA) is 32.8 Å². The van der Waals surface area contributed by atoms with Crippen LogP contribution in [0.3, 0.4) is 0 Å². The SMILES string of the molecule is CCC(=O)N1CCN(CC2(COI)CC2)CC1. The van der Waals surface area contributed by atoms with Gasteiger partial charge in [0.25, 0.3) is 0 Å². The average Bonchev–Trinajstić information content (AvgIpc) is 3.09. The molecule has 0 aromatic rings. The van der Waals surface area contributed by atoms with E-state index in [1.54, 1.807) is 0 Å². The van der Waals surface area contributed by atoms with Gasteiger partial charge >= 0.3 is 0 Å². The number of hydrogen-bond acceptors (Lipinski definition) is 3. The molecule has 17 heavy (non-hydrogen) atoms. The van der Waals surface area contributed by atoms with Gasteiger partial charge < -0.3 is 7.97 Å². The summed E-state index contributed by atoms with van der Waals surface area (Å²) >= 11 is 1.99. The Morgan fingerprint density at radius 1 is 1.29 bits per heavy atom. The summed E-state index contributed by atoms with van der Waals surface area (Å²) in [5.74, 6) is 0.293. The van der Waals surface area contributed by atoms with Gasteiger partial charge in [-0.25, -0.2) is 0 Å². The molecule has 0 radical (unpaired) electrons. The van der Waals surface area contributed by atoms with Crippen molar-refractivity contribution >= 4 is 28.9 Å². The first-order chi connectivity index (χ1) is 8.19. The minimum Gasteiger partial charge on any atom is -0.340 e. The summed E-state index contributed by atoms with van der Waals surface area (Å²) in [4.78, 5) is 16.0. The van der Waals surface area contributed by atoms with E-state index >= 15 is 0 Å². The maximum absolute atomic E-state index is 11.6. The molecular weight excluding hydrogens is 331 g/mol. The Labute approximate surface area is 117 Å². The number of rotatable bonds is 5. The summed E-state index contributed by atoms with van der Waals surface area (Å²) in [7, 11) is 0. The van der Waals surface area contributed by atoms with Gasteiger partial charge in [0.1, 0.15) is 23.0 Å². The maximum Gasteiger partial charge on any atom is 0.222 e. The highest BCUT2D eigenvalue weighted by Gasteiger charge is 2.44. The zero-order chi connectivity index (χ0) is 12.3. The van der Waals surface area contributed by atoms with Crippen molar-refractivity contribution in [3.63, 3.8) is 0 Å². The van der Waals surface area contributed by atoms with Crippen molar-refractivity contribution in [1.29, 1.82) is 0 Å². The lowest BCUT2D eigenvalue weighted by Gasteiger charge is -2.36. The first kappa shape index (κ1) is 13.5. The summed E-state index contributed by atoms with van der Waals surface area (Å²) in [5, 5.41) is 0. The molecule has 0 N–H and O–H groups in total. The summed E-state index contributed by atoms with van der Waals surface area (Å²) < 4.78 is 5.27. The molecule has 1 amide bonds. The number of carbonyl (C=O) groups is 1. The minimum atomic E-state index is 0.293. The van der Waals surface area contributed by atoms with Gasteiger partial charge in [-0.1, -0.05) is 6.92 Å². The van der Waals surface area contributed by atoms with Crippen LogP contribution in [0.5, 0.6) is 0 Å². The summed E-state index contributed by atoms with van der Waals surface area (Å²) in [6.45, 7) is 7.79. The van der Waals surface area contributed by atoms with Crippen LogP contribution in [0.25, 0.3) is 0 Å². The van der Waals surface area contributed by atoms with Crippen LogP contribution in [-0.4, -0.2) is 55.0 Å². The molecule has 1 heterocycles. The van der Waals surface area contributed by atoms with Gasteiger partial charge in [-0.15, -0.1) is 0 Å². The Hall–Kier alpha value is 0.120. The van der Waals surface area contributed by atoms with E-state index < -0.39 is 0 Å². The number of halogens is 1. The van der Waals surface area contributed by atoms with Crippen molar-refractivity contribution in [3.8, 4) is 0 Å². The number of carbonyl (C=O) groups excluding carboxylic acids is 1. The van der Waals surface area contributed by atoms with Crippen molar-refractivity contribution in [2.24, 2.45) is 5.41 Å². The summed E-state index contributed by atoms with van der Waals surface area (Å²) in [5.41, 5.74) is 0.429. The van der Waals surface area contributed by atoms with Gasteiger partial charge in [-0.2, -0.15) is 0 Å². The van der Waals surface area contributed by atoms with E-state index in [1.807, 2.05) is 34.8 Å². The van der Waals surface area contributed by atoms with Crippen molar-refractivity contribution < 1.29 is 7.86 Å². The van der Waals surface area contributed by atoms with Crippen LogP contribution >= 0.6 is 23.0 Å². The third kappa shape index (κ3) is 3.54. The van der Waals surface area contributed by atoms with Gasteiger partial charge in [0.05, 0.1) is 6.61 Å². The van der Waals surface area contributed by atoms with E-state index in [2.05, 4.69) is 4.90 Å². The second kappa shape index (κ2) is 5.84. The molecule has 4 nitrogen and oxygen atoms in total. The van der Waals surface area contributed by atoms with Crippen molar-refractivity contribution in [1.82, 2.24) is 9.80 Å². The van der Waals surface area contributed by atoms with Crippen LogP contribution in [0.4, 0.5) is 0 Å². The quantitative estimate of drug-likeness (QED) is 0.706. The minimum absolute atomic E-state index is 0.293. The van der Waals surface area contributed by atoms with E-state index in [-0.39, 0.29) is 0 Å². The van der Waals surface area contributed by atoms with E-state index in [0.29, 0.717) is 17.7 Å². The van der Waals surface area contributed by atoms with Crippen molar-refractivity contribution in [2.45, 2.75) is 26.2 Å². The Morgan fingerprint density at radius 3 is 2.41 bits per heavy atom. The third-order valence-corrected chi connectivity index (χ3v) is 4.22. The van der Waals surface area contributed by atoms with Gasteiger partial charge in [0.15, 0.2) is 0 Å². The molecule has 0 spiro atoms. The Kier molecular flexibility index (Phi) is 4.65. The molecule has 0 bridgehead atoms. The van der Waals surface area contributed by atoms with E-state index in [4.69, 9.17) is 3.07 Å². The standard InChI is InChI=1S/C12H21IN2O2/c1-2-11(16)15-7-5-14(6-8-15)9-12(3-4-12)10-17-13/h2-10H2,1H3. The van der Waals surface area contributed by atoms with Crippen LogP contribution < -0.4 is 0 Å². The van der Waals surface area contributed by atoms with Gasteiger partial charge in [0.2, 0.25) is 5.91 Å².